The molecule has 0 radical (unpaired) electrons. The number of Topliss-reactive ketones (excluding diaryl/α,β-unsaturated/α-hetero) is 2. The molecule has 0 aliphatic carbocycles. The minimum absolute atomic E-state index is 0.0394. The third-order valence-corrected chi connectivity index (χ3v) is 7.28. The molecule has 0 aliphatic heterocycles. The predicted octanol–water partition coefficient (Wildman–Crippen LogP) is 6.55. The van der Waals surface area contributed by atoms with Crippen molar-refractivity contribution in [2.75, 3.05) is 6.54 Å². The first-order chi connectivity index (χ1) is 19.0. The van der Waals surface area contributed by atoms with Crippen molar-refractivity contribution in [3.8, 4) is 0 Å². The van der Waals surface area contributed by atoms with Gasteiger partial charge in [-0.1, -0.05) is 92.5 Å². The van der Waals surface area contributed by atoms with E-state index in [0.29, 0.717) is 31.2 Å². The molecule has 1 rings (SSSR count). The van der Waals surface area contributed by atoms with E-state index in [9.17, 15) is 19.2 Å². The number of ketones is 2. The SMILES string of the molecule is CC(C)[C@H](CC(=O)CCCCCC(C)(C)C)C(=O)N[C@@H](CCCNC(N)=O)C(=O)Cc1ccc(CC(C)(C)C)cc1. The first-order valence-electron chi connectivity index (χ1n) is 15.4. The highest BCUT2D eigenvalue weighted by atomic mass is 16.2. The summed E-state index contributed by atoms with van der Waals surface area (Å²) >= 11 is 0. The fraction of sp³-hybridized carbons (Fsp3) is 0.706. The second-order valence-corrected chi connectivity index (χ2v) is 14.4. The van der Waals surface area contributed by atoms with Gasteiger partial charge in [-0.05, 0) is 60.0 Å². The number of amides is 3. The van der Waals surface area contributed by atoms with Crippen molar-refractivity contribution in [3.63, 3.8) is 0 Å². The summed E-state index contributed by atoms with van der Waals surface area (Å²) in [7, 11) is 0. The maximum atomic E-state index is 13.4. The summed E-state index contributed by atoms with van der Waals surface area (Å²) in [5.41, 5.74) is 7.75. The van der Waals surface area contributed by atoms with E-state index in [0.717, 1.165) is 37.7 Å². The number of hydrogen-bond donors (Lipinski definition) is 3. The Kier molecular flexibility index (Phi) is 15.3. The molecule has 232 valence electrons. The minimum atomic E-state index is -0.708. The molecule has 3 amide bonds. The molecule has 1 aromatic carbocycles. The van der Waals surface area contributed by atoms with Crippen LogP contribution in [0.5, 0.6) is 0 Å². The molecule has 7 nitrogen and oxygen atoms in total. The zero-order valence-corrected chi connectivity index (χ0v) is 27.0. The van der Waals surface area contributed by atoms with E-state index in [2.05, 4.69) is 64.3 Å². The first kappa shape index (κ1) is 36.3. The fourth-order valence-corrected chi connectivity index (χ4v) is 4.95. The van der Waals surface area contributed by atoms with Crippen molar-refractivity contribution in [1.82, 2.24) is 10.6 Å². The van der Waals surface area contributed by atoms with Crippen LogP contribution in [0.1, 0.15) is 118 Å². The zero-order valence-electron chi connectivity index (χ0n) is 27.0. The highest BCUT2D eigenvalue weighted by Crippen LogP contribution is 2.24. The quantitative estimate of drug-likeness (QED) is 0.173. The van der Waals surface area contributed by atoms with Crippen molar-refractivity contribution in [3.05, 3.63) is 35.4 Å². The molecule has 7 heteroatoms. The average Bonchev–Trinajstić information content (AvgIpc) is 2.83. The maximum Gasteiger partial charge on any atom is 0.312 e. The Morgan fingerprint density at radius 2 is 1.44 bits per heavy atom. The van der Waals surface area contributed by atoms with Crippen molar-refractivity contribution < 1.29 is 19.2 Å². The van der Waals surface area contributed by atoms with E-state index < -0.39 is 18.0 Å². The molecule has 0 aromatic heterocycles. The number of nitrogens with one attached hydrogen (secondary N) is 2. The lowest BCUT2D eigenvalue weighted by Gasteiger charge is -2.24. The zero-order chi connectivity index (χ0) is 31.2. The van der Waals surface area contributed by atoms with Crippen LogP contribution in [-0.2, 0) is 27.2 Å². The van der Waals surface area contributed by atoms with E-state index in [1.54, 1.807) is 0 Å². The molecule has 0 bridgehead atoms. The smallest absolute Gasteiger partial charge is 0.312 e. The largest absolute Gasteiger partial charge is 0.352 e. The van der Waals surface area contributed by atoms with Gasteiger partial charge in [-0.25, -0.2) is 4.79 Å². The summed E-state index contributed by atoms with van der Waals surface area (Å²) in [5, 5.41) is 5.50. The lowest BCUT2D eigenvalue weighted by Crippen LogP contribution is -2.46. The third-order valence-electron chi connectivity index (χ3n) is 7.28. The summed E-state index contributed by atoms with van der Waals surface area (Å²) < 4.78 is 0. The second kappa shape index (κ2) is 17.3. The number of primary amides is 1. The number of benzene rings is 1. The molecule has 0 heterocycles. The summed E-state index contributed by atoms with van der Waals surface area (Å²) in [6.07, 6.45) is 6.74. The molecule has 41 heavy (non-hydrogen) atoms. The number of carbonyl (C=O) groups excluding carboxylic acids is 4. The number of unbranched alkanes of at least 4 members (excludes halogenated alkanes) is 2. The van der Waals surface area contributed by atoms with Gasteiger partial charge in [-0.2, -0.15) is 0 Å². The molecule has 0 aliphatic rings. The molecule has 1 aromatic rings. The molecule has 4 N–H and O–H groups in total. The summed E-state index contributed by atoms with van der Waals surface area (Å²) in [6, 6.07) is 6.74. The van der Waals surface area contributed by atoms with Crippen LogP contribution in [0.4, 0.5) is 4.79 Å². The second-order valence-electron chi connectivity index (χ2n) is 14.4. The molecule has 0 unspecified atom stereocenters. The fourth-order valence-electron chi connectivity index (χ4n) is 4.95. The van der Waals surface area contributed by atoms with E-state index in [4.69, 9.17) is 5.73 Å². The topological polar surface area (TPSA) is 118 Å². The Bertz CT molecular complexity index is 971. The van der Waals surface area contributed by atoms with Crippen LogP contribution in [-0.4, -0.2) is 36.1 Å². The molecular weight excluding hydrogens is 514 g/mol. The van der Waals surface area contributed by atoms with Crippen LogP contribution in [0.2, 0.25) is 0 Å². The molecular formula is C34H57N3O4. The summed E-state index contributed by atoms with van der Waals surface area (Å²) in [6.45, 7) is 17.4. The molecule has 0 fully saturated rings. The van der Waals surface area contributed by atoms with Crippen LogP contribution in [0.15, 0.2) is 24.3 Å². The standard InChI is InChI=1S/C34H57N3O4/c1-24(2)28(22-27(38)13-10-9-11-19-33(3,4)5)31(40)37-29(14-12-20-36-32(35)41)30(39)21-25-15-17-26(18-16-25)23-34(6,7)8/h15-18,24,28-29H,9-14,19-23H2,1-8H3,(H,37,40)(H3,35,36,41)/t28-,29-/m0/s1. The number of carbonyl (C=O) groups is 4. The first-order valence-corrected chi connectivity index (χ1v) is 15.4. The van der Waals surface area contributed by atoms with E-state index in [1.165, 1.54) is 5.56 Å². The Labute approximate surface area is 249 Å². The van der Waals surface area contributed by atoms with E-state index in [1.807, 2.05) is 26.0 Å². The number of urea groups is 1. The Morgan fingerprint density at radius 3 is 1.98 bits per heavy atom. The van der Waals surface area contributed by atoms with Gasteiger partial charge < -0.3 is 16.4 Å². The highest BCUT2D eigenvalue weighted by Gasteiger charge is 2.29. The maximum absolute atomic E-state index is 13.4. The van der Waals surface area contributed by atoms with Gasteiger partial charge in [0.15, 0.2) is 5.78 Å². The molecule has 2 atom stereocenters. The van der Waals surface area contributed by atoms with Gasteiger partial charge in [0, 0.05) is 31.7 Å². The Hall–Kier alpha value is -2.70. The van der Waals surface area contributed by atoms with Gasteiger partial charge in [0.1, 0.15) is 5.78 Å². The van der Waals surface area contributed by atoms with Crippen molar-refractivity contribution in [1.29, 1.82) is 0 Å². The summed E-state index contributed by atoms with van der Waals surface area (Å²) in [4.78, 5) is 50.6. The summed E-state index contributed by atoms with van der Waals surface area (Å²) in [5.74, 6) is -0.787. The van der Waals surface area contributed by atoms with Crippen LogP contribution in [0, 0.1) is 22.7 Å². The van der Waals surface area contributed by atoms with Crippen LogP contribution in [0.25, 0.3) is 0 Å². The minimum Gasteiger partial charge on any atom is -0.352 e. The van der Waals surface area contributed by atoms with Gasteiger partial charge in [0.25, 0.3) is 0 Å². The molecule has 0 saturated carbocycles. The number of hydrogen-bond acceptors (Lipinski definition) is 4. The molecule has 0 saturated heterocycles. The number of rotatable bonds is 18. The third kappa shape index (κ3) is 17.0. The van der Waals surface area contributed by atoms with Gasteiger partial charge in [-0.15, -0.1) is 0 Å². The van der Waals surface area contributed by atoms with Gasteiger partial charge >= 0.3 is 6.03 Å². The van der Waals surface area contributed by atoms with Gasteiger partial charge in [-0.3, -0.25) is 14.4 Å². The van der Waals surface area contributed by atoms with Crippen molar-refractivity contribution in [2.24, 2.45) is 28.4 Å². The van der Waals surface area contributed by atoms with Crippen LogP contribution in [0.3, 0.4) is 0 Å². The predicted molar refractivity (Wildman–Crippen MR) is 168 cm³/mol. The molecule has 0 spiro atoms. The Balaban J connectivity index is 2.84. The van der Waals surface area contributed by atoms with Crippen molar-refractivity contribution >= 4 is 23.5 Å². The highest BCUT2D eigenvalue weighted by molar-refractivity contribution is 5.92. The van der Waals surface area contributed by atoms with E-state index >= 15 is 0 Å². The van der Waals surface area contributed by atoms with Crippen molar-refractivity contribution in [2.45, 2.75) is 126 Å². The Morgan fingerprint density at radius 1 is 0.829 bits per heavy atom. The monoisotopic (exact) mass is 571 g/mol. The number of nitrogens with two attached hydrogens (primary N) is 1. The average molecular weight is 572 g/mol. The van der Waals surface area contributed by atoms with Crippen LogP contribution < -0.4 is 16.4 Å². The lowest BCUT2D eigenvalue weighted by atomic mass is 9.87. The lowest BCUT2D eigenvalue weighted by molar-refractivity contribution is -0.133. The normalized spacial score (nSPS) is 13.5. The van der Waals surface area contributed by atoms with Gasteiger partial charge in [0.2, 0.25) is 5.91 Å². The van der Waals surface area contributed by atoms with E-state index in [-0.39, 0.29) is 41.6 Å². The van der Waals surface area contributed by atoms with Crippen LogP contribution >= 0.6 is 0 Å². The van der Waals surface area contributed by atoms with Gasteiger partial charge in [0.05, 0.1) is 6.04 Å².